The van der Waals surface area contributed by atoms with Gasteiger partial charge in [0, 0.05) is 18.2 Å². The van der Waals surface area contributed by atoms with Gasteiger partial charge in [-0.05, 0) is 42.7 Å². The normalized spacial score (nSPS) is 17.0. The smallest absolute Gasteiger partial charge is 0.331 e. The lowest BCUT2D eigenvalue weighted by Gasteiger charge is -2.35. The van der Waals surface area contributed by atoms with Gasteiger partial charge in [0.15, 0.2) is 0 Å². The number of halogens is 3. The van der Waals surface area contributed by atoms with Gasteiger partial charge in [0.05, 0.1) is 11.0 Å². The molecule has 2 heterocycles. The first kappa shape index (κ1) is 18.3. The quantitative estimate of drug-likeness (QED) is 0.730. The first-order chi connectivity index (χ1) is 13.2. The van der Waals surface area contributed by atoms with Crippen LogP contribution in [0.1, 0.15) is 28.4 Å². The summed E-state index contributed by atoms with van der Waals surface area (Å²) in [5, 5.41) is 0. The van der Waals surface area contributed by atoms with Crippen molar-refractivity contribution < 1.29 is 18.0 Å². The number of nitrogens with zero attached hydrogens (tertiary/aromatic N) is 2. The molecule has 0 radical (unpaired) electrons. The van der Waals surface area contributed by atoms with Gasteiger partial charge in [-0.25, -0.2) is 4.79 Å². The molecular weight excluding hydrogens is 371 g/mol. The molecule has 1 aromatic heterocycles. The second-order valence-electron chi connectivity index (χ2n) is 7.12. The first-order valence-electron chi connectivity index (χ1n) is 8.90. The highest BCUT2D eigenvalue weighted by Crippen LogP contribution is 2.26. The molecule has 28 heavy (non-hydrogen) atoms. The van der Waals surface area contributed by atoms with E-state index < -0.39 is 18.4 Å². The van der Waals surface area contributed by atoms with Crippen LogP contribution in [0.4, 0.5) is 13.2 Å². The fourth-order valence-electron chi connectivity index (χ4n) is 3.74. The minimum Gasteiger partial charge on any atom is -0.331 e. The summed E-state index contributed by atoms with van der Waals surface area (Å²) < 4.78 is 39.1. The molecule has 146 valence electrons. The minimum absolute atomic E-state index is 0.0401. The summed E-state index contributed by atoms with van der Waals surface area (Å²) in [6, 6.07) is 12.2. The predicted molar refractivity (Wildman–Crippen MR) is 98.1 cm³/mol. The van der Waals surface area contributed by atoms with E-state index in [0.717, 1.165) is 5.56 Å². The number of hydrogen-bond donors (Lipinski definition) is 1. The van der Waals surface area contributed by atoms with Gasteiger partial charge in [-0.2, -0.15) is 13.2 Å². The molecule has 0 spiro atoms. The molecule has 0 saturated carbocycles. The van der Waals surface area contributed by atoms with Crippen molar-refractivity contribution in [3.05, 3.63) is 69.6 Å². The Bertz CT molecular complexity index is 1110. The summed E-state index contributed by atoms with van der Waals surface area (Å²) in [6.07, 6.45) is -3.82. The van der Waals surface area contributed by atoms with Crippen molar-refractivity contribution in [2.75, 3.05) is 0 Å². The van der Waals surface area contributed by atoms with Crippen LogP contribution in [0.5, 0.6) is 0 Å². The van der Waals surface area contributed by atoms with Crippen LogP contribution in [-0.2, 0) is 19.5 Å². The molecule has 8 heteroatoms. The van der Waals surface area contributed by atoms with Crippen LogP contribution in [0, 0.1) is 0 Å². The van der Waals surface area contributed by atoms with Gasteiger partial charge in [0.25, 0.3) is 5.91 Å². The van der Waals surface area contributed by atoms with E-state index in [0.29, 0.717) is 17.5 Å². The zero-order chi connectivity index (χ0) is 20.1. The summed E-state index contributed by atoms with van der Waals surface area (Å²) in [4.78, 5) is 29.1. The minimum atomic E-state index is -4.54. The third-order valence-corrected chi connectivity index (χ3v) is 5.13. The number of rotatable bonds is 2. The summed E-state index contributed by atoms with van der Waals surface area (Å²) in [5.74, 6) is -0.267. The van der Waals surface area contributed by atoms with Crippen molar-refractivity contribution in [2.24, 2.45) is 0 Å². The highest BCUT2D eigenvalue weighted by atomic mass is 19.4. The van der Waals surface area contributed by atoms with Crippen LogP contribution in [0.25, 0.3) is 11.0 Å². The maximum atomic E-state index is 13.1. The molecule has 1 amide bonds. The van der Waals surface area contributed by atoms with Crippen LogP contribution in [0.3, 0.4) is 0 Å². The van der Waals surface area contributed by atoms with E-state index in [1.807, 2.05) is 31.2 Å². The Balaban J connectivity index is 1.70. The molecule has 1 aliphatic rings. The standard InChI is InChI=1S/C20H18F3N3O2/c1-12-8-13-4-2-3-5-15(13)10-25(12)18(27)14-6-7-16-17(9-14)26(19(28)24-16)11-20(21,22)23/h2-7,9,12H,8,10-11H2,1H3,(H,24,28). The molecule has 1 aliphatic heterocycles. The maximum Gasteiger partial charge on any atom is 0.406 e. The fourth-order valence-corrected chi connectivity index (χ4v) is 3.74. The maximum absolute atomic E-state index is 13.1. The first-order valence-corrected chi connectivity index (χ1v) is 8.90. The fraction of sp³-hybridized carbons (Fsp3) is 0.300. The summed E-state index contributed by atoms with van der Waals surface area (Å²) in [5.41, 5.74) is 2.00. The van der Waals surface area contributed by atoms with Crippen molar-refractivity contribution >= 4 is 16.9 Å². The Morgan fingerprint density at radius 3 is 2.61 bits per heavy atom. The molecule has 1 atom stereocenters. The van der Waals surface area contributed by atoms with E-state index in [9.17, 15) is 22.8 Å². The van der Waals surface area contributed by atoms with Gasteiger partial charge < -0.3 is 9.88 Å². The molecule has 1 N–H and O–H groups in total. The molecule has 5 nitrogen and oxygen atoms in total. The van der Waals surface area contributed by atoms with Crippen LogP contribution in [0.2, 0.25) is 0 Å². The van der Waals surface area contributed by atoms with E-state index in [1.54, 1.807) is 4.90 Å². The van der Waals surface area contributed by atoms with Crippen molar-refractivity contribution in [2.45, 2.75) is 38.7 Å². The number of alkyl halides is 3. The van der Waals surface area contributed by atoms with Gasteiger partial charge in [-0.15, -0.1) is 0 Å². The predicted octanol–water partition coefficient (Wildman–Crippen LogP) is 3.48. The van der Waals surface area contributed by atoms with Gasteiger partial charge in [0.1, 0.15) is 6.54 Å². The van der Waals surface area contributed by atoms with E-state index in [4.69, 9.17) is 0 Å². The van der Waals surface area contributed by atoms with Crippen molar-refractivity contribution in [3.63, 3.8) is 0 Å². The van der Waals surface area contributed by atoms with E-state index >= 15 is 0 Å². The second kappa shape index (κ2) is 6.54. The van der Waals surface area contributed by atoms with Crippen LogP contribution in [-0.4, -0.2) is 32.6 Å². The molecule has 3 aromatic rings. The van der Waals surface area contributed by atoms with Crippen LogP contribution >= 0.6 is 0 Å². The molecule has 0 bridgehead atoms. The van der Waals surface area contributed by atoms with Gasteiger partial charge in [-0.1, -0.05) is 24.3 Å². The number of hydrogen-bond acceptors (Lipinski definition) is 2. The number of carbonyl (C=O) groups excluding carboxylic acids is 1. The van der Waals surface area contributed by atoms with Gasteiger partial charge in [-0.3, -0.25) is 9.36 Å². The average Bonchev–Trinajstić information content (AvgIpc) is 2.94. The molecule has 4 rings (SSSR count). The number of nitrogens with one attached hydrogen (secondary N) is 1. The number of amides is 1. The third kappa shape index (κ3) is 3.30. The zero-order valence-corrected chi connectivity index (χ0v) is 15.1. The average molecular weight is 389 g/mol. The van der Waals surface area contributed by atoms with Crippen molar-refractivity contribution in [1.29, 1.82) is 0 Å². The molecule has 1 unspecified atom stereocenters. The number of fused-ring (bicyclic) bond motifs is 2. The monoisotopic (exact) mass is 389 g/mol. The number of aromatic nitrogens is 2. The highest BCUT2D eigenvalue weighted by Gasteiger charge is 2.31. The molecule has 2 aromatic carbocycles. The largest absolute Gasteiger partial charge is 0.406 e. The Kier molecular flexibility index (Phi) is 4.28. The Hall–Kier alpha value is -3.03. The number of benzene rings is 2. The highest BCUT2D eigenvalue weighted by molar-refractivity contribution is 5.97. The van der Waals surface area contributed by atoms with E-state index in [2.05, 4.69) is 4.98 Å². The molecule has 0 aliphatic carbocycles. The summed E-state index contributed by atoms with van der Waals surface area (Å²) in [6.45, 7) is 0.982. The molecule has 0 fully saturated rings. The van der Waals surface area contributed by atoms with Gasteiger partial charge >= 0.3 is 11.9 Å². The van der Waals surface area contributed by atoms with E-state index in [1.165, 1.54) is 23.8 Å². The van der Waals surface area contributed by atoms with Crippen molar-refractivity contribution in [1.82, 2.24) is 14.5 Å². The lowest BCUT2D eigenvalue weighted by Crippen LogP contribution is -2.42. The number of imidazole rings is 1. The summed E-state index contributed by atoms with van der Waals surface area (Å²) in [7, 11) is 0. The lowest BCUT2D eigenvalue weighted by molar-refractivity contribution is -0.140. The van der Waals surface area contributed by atoms with Crippen LogP contribution < -0.4 is 5.69 Å². The zero-order valence-electron chi connectivity index (χ0n) is 15.1. The van der Waals surface area contributed by atoms with Crippen molar-refractivity contribution in [3.8, 4) is 0 Å². The van der Waals surface area contributed by atoms with E-state index in [-0.39, 0.29) is 28.5 Å². The molecule has 0 saturated heterocycles. The Morgan fingerprint density at radius 1 is 1.18 bits per heavy atom. The Morgan fingerprint density at radius 2 is 1.89 bits per heavy atom. The van der Waals surface area contributed by atoms with Crippen LogP contribution in [0.15, 0.2) is 47.3 Å². The van der Waals surface area contributed by atoms with Gasteiger partial charge in [0.2, 0.25) is 0 Å². The number of carbonyl (C=O) groups is 1. The number of aromatic amines is 1. The lowest BCUT2D eigenvalue weighted by atomic mass is 9.94. The third-order valence-electron chi connectivity index (χ3n) is 5.13. The number of H-pyrrole nitrogens is 1. The topological polar surface area (TPSA) is 58.1 Å². The summed E-state index contributed by atoms with van der Waals surface area (Å²) >= 11 is 0. The second-order valence-corrected chi connectivity index (χ2v) is 7.12. The molecular formula is C20H18F3N3O2. The Labute approximate surface area is 158 Å². The SMILES string of the molecule is CC1Cc2ccccc2CN1C(=O)c1ccc2[nH]c(=O)n(CC(F)(F)F)c2c1.